The molecule has 0 saturated heterocycles. The molecule has 4 rings (SSSR count). The van der Waals surface area contributed by atoms with Crippen LogP contribution in [0.2, 0.25) is 5.02 Å². The molecule has 1 aromatic carbocycles. The standard InChI is InChI=1S/C25H26ClF3N6O3.ClH/c1-13-8-9-35(34-13)20-11-16(26)6-7-17(20)22(25(27,28)29)38-21-12-19(32-24(31)33-21)15-4-2-14(3-5-15)10-18(30)23(36)37;/h4,6-9,11-12,14,18,22H,2-3,5,10,30H2,1H3,(H,36,37)(H2,31,32,33);1H/t14-,18-,22+;/m0./s1. The molecule has 5 N–H and O–H groups in total. The van der Waals surface area contributed by atoms with Gasteiger partial charge in [-0.2, -0.15) is 23.3 Å². The third-order valence-corrected chi connectivity index (χ3v) is 6.49. The van der Waals surface area contributed by atoms with Crippen LogP contribution >= 0.6 is 24.0 Å². The van der Waals surface area contributed by atoms with Gasteiger partial charge in [0.1, 0.15) is 6.04 Å². The smallest absolute Gasteiger partial charge is 0.429 e. The number of carboxylic acid groups (broad SMARTS) is 1. The molecule has 39 heavy (non-hydrogen) atoms. The van der Waals surface area contributed by atoms with Crippen molar-refractivity contribution in [2.75, 3.05) is 5.73 Å². The van der Waals surface area contributed by atoms with Gasteiger partial charge < -0.3 is 21.3 Å². The summed E-state index contributed by atoms with van der Waals surface area (Å²) in [4.78, 5) is 19.1. The number of carbonyl (C=O) groups is 1. The molecule has 0 saturated carbocycles. The molecule has 14 heteroatoms. The highest BCUT2D eigenvalue weighted by Gasteiger charge is 2.45. The lowest BCUT2D eigenvalue weighted by molar-refractivity contribution is -0.198. The maximum Gasteiger partial charge on any atom is 0.429 e. The van der Waals surface area contributed by atoms with Gasteiger partial charge in [-0.15, -0.1) is 12.4 Å². The molecule has 1 aliphatic rings. The molecule has 1 aliphatic carbocycles. The van der Waals surface area contributed by atoms with Gasteiger partial charge in [0.25, 0.3) is 0 Å². The molecule has 3 aromatic rings. The maximum atomic E-state index is 14.3. The van der Waals surface area contributed by atoms with E-state index in [2.05, 4.69) is 15.1 Å². The molecule has 2 aromatic heterocycles. The van der Waals surface area contributed by atoms with Crippen molar-refractivity contribution in [3.8, 4) is 11.6 Å². The van der Waals surface area contributed by atoms with Crippen molar-refractivity contribution >= 4 is 41.5 Å². The number of halogens is 5. The van der Waals surface area contributed by atoms with Crippen molar-refractivity contribution in [1.82, 2.24) is 19.7 Å². The summed E-state index contributed by atoms with van der Waals surface area (Å²) >= 11 is 6.09. The summed E-state index contributed by atoms with van der Waals surface area (Å²) in [6.07, 6.45) is -1.76. The van der Waals surface area contributed by atoms with Crippen molar-refractivity contribution in [2.24, 2.45) is 11.7 Å². The van der Waals surface area contributed by atoms with Crippen molar-refractivity contribution in [2.45, 2.75) is 50.9 Å². The number of benzene rings is 1. The summed E-state index contributed by atoms with van der Waals surface area (Å²) in [5.74, 6) is -1.57. The lowest BCUT2D eigenvalue weighted by Crippen LogP contribution is -2.32. The second-order valence-corrected chi connectivity index (χ2v) is 9.58. The number of hydrogen-bond acceptors (Lipinski definition) is 7. The quantitative estimate of drug-likeness (QED) is 0.323. The first-order chi connectivity index (χ1) is 17.9. The van der Waals surface area contributed by atoms with Gasteiger partial charge >= 0.3 is 12.1 Å². The van der Waals surface area contributed by atoms with E-state index in [1.807, 2.05) is 6.08 Å². The van der Waals surface area contributed by atoms with Crippen molar-refractivity contribution in [3.63, 3.8) is 0 Å². The van der Waals surface area contributed by atoms with Crippen LogP contribution in [0, 0.1) is 12.8 Å². The Morgan fingerprint density at radius 3 is 2.62 bits per heavy atom. The van der Waals surface area contributed by atoms with Gasteiger partial charge in [-0.25, -0.2) is 9.67 Å². The lowest BCUT2D eigenvalue weighted by Gasteiger charge is -2.25. The maximum absolute atomic E-state index is 14.3. The predicted molar refractivity (Wildman–Crippen MR) is 142 cm³/mol. The Bertz CT molecular complexity index is 1370. The van der Waals surface area contributed by atoms with Crippen LogP contribution in [0.4, 0.5) is 19.1 Å². The third kappa shape index (κ3) is 7.40. The fraction of sp³-hybridized carbons (Fsp3) is 0.360. The van der Waals surface area contributed by atoms with E-state index in [9.17, 15) is 18.0 Å². The van der Waals surface area contributed by atoms with Crippen LogP contribution < -0.4 is 16.2 Å². The number of hydrogen-bond donors (Lipinski definition) is 3. The number of aromatic nitrogens is 4. The first-order valence-electron chi connectivity index (χ1n) is 11.8. The van der Waals surface area contributed by atoms with Gasteiger partial charge in [0, 0.05) is 22.8 Å². The molecule has 3 atom stereocenters. The first-order valence-corrected chi connectivity index (χ1v) is 12.2. The van der Waals surface area contributed by atoms with Crippen molar-refractivity contribution in [1.29, 1.82) is 0 Å². The Balaban J connectivity index is 0.00000420. The minimum atomic E-state index is -4.81. The number of rotatable bonds is 8. The van der Waals surface area contributed by atoms with Gasteiger partial charge in [-0.05, 0) is 62.3 Å². The molecular formula is C25H27Cl2F3N6O3. The van der Waals surface area contributed by atoms with E-state index in [4.69, 9.17) is 32.9 Å². The molecule has 210 valence electrons. The average molecular weight is 587 g/mol. The largest absolute Gasteiger partial charge is 0.480 e. The van der Waals surface area contributed by atoms with Crippen LogP contribution in [0.25, 0.3) is 11.3 Å². The monoisotopic (exact) mass is 586 g/mol. The summed E-state index contributed by atoms with van der Waals surface area (Å²) in [6.45, 7) is 1.71. The number of carboxylic acids is 1. The van der Waals surface area contributed by atoms with Gasteiger partial charge in [-0.3, -0.25) is 4.79 Å². The summed E-state index contributed by atoms with van der Waals surface area (Å²) in [7, 11) is 0. The number of alkyl halides is 3. The first kappa shape index (κ1) is 30.2. The third-order valence-electron chi connectivity index (χ3n) is 6.25. The molecule has 9 nitrogen and oxygen atoms in total. The molecular weight excluding hydrogens is 560 g/mol. The van der Waals surface area contributed by atoms with E-state index in [-0.39, 0.29) is 46.4 Å². The van der Waals surface area contributed by atoms with Gasteiger partial charge in [0.15, 0.2) is 0 Å². The fourth-order valence-electron chi connectivity index (χ4n) is 4.38. The van der Waals surface area contributed by atoms with Crippen LogP contribution in [0.3, 0.4) is 0 Å². The Morgan fingerprint density at radius 1 is 1.28 bits per heavy atom. The van der Waals surface area contributed by atoms with Crippen LogP contribution in [0.5, 0.6) is 5.88 Å². The highest BCUT2D eigenvalue weighted by atomic mass is 35.5. The zero-order valence-electron chi connectivity index (χ0n) is 20.7. The number of anilines is 1. The van der Waals surface area contributed by atoms with Crippen molar-refractivity contribution < 1.29 is 27.8 Å². The molecule has 0 amide bonds. The van der Waals surface area contributed by atoms with E-state index in [0.29, 0.717) is 37.1 Å². The Labute approximate surface area is 233 Å². The predicted octanol–water partition coefficient (Wildman–Crippen LogP) is 5.30. The summed E-state index contributed by atoms with van der Waals surface area (Å²) < 4.78 is 49.7. The van der Waals surface area contributed by atoms with E-state index in [1.165, 1.54) is 35.1 Å². The Morgan fingerprint density at radius 2 is 2.03 bits per heavy atom. The molecule has 0 unspecified atom stereocenters. The van der Waals surface area contributed by atoms with Gasteiger partial charge in [0.05, 0.1) is 17.1 Å². The van der Waals surface area contributed by atoms with Crippen molar-refractivity contribution in [3.05, 3.63) is 64.6 Å². The second-order valence-electron chi connectivity index (χ2n) is 9.14. The summed E-state index contributed by atoms with van der Waals surface area (Å²) in [6, 6.07) is 5.99. The summed E-state index contributed by atoms with van der Waals surface area (Å²) in [5.41, 5.74) is 13.1. The zero-order valence-corrected chi connectivity index (χ0v) is 22.3. The fourth-order valence-corrected chi connectivity index (χ4v) is 4.54. The Kier molecular flexibility index (Phi) is 9.47. The number of aliphatic carboxylic acids is 1. The number of allylic oxidation sites excluding steroid dienone is 2. The second kappa shape index (κ2) is 12.2. The highest BCUT2D eigenvalue weighted by Crippen LogP contribution is 2.40. The van der Waals surface area contributed by atoms with E-state index >= 15 is 0 Å². The van der Waals surface area contributed by atoms with Crippen LogP contribution in [-0.2, 0) is 4.79 Å². The van der Waals surface area contributed by atoms with Gasteiger partial charge in [-0.1, -0.05) is 23.7 Å². The minimum absolute atomic E-state index is 0. The van der Waals surface area contributed by atoms with E-state index in [1.54, 1.807) is 13.0 Å². The number of nitrogen functional groups attached to an aromatic ring is 1. The lowest BCUT2D eigenvalue weighted by atomic mass is 9.84. The number of aryl methyl sites for hydroxylation is 1. The van der Waals surface area contributed by atoms with E-state index in [0.717, 1.165) is 5.57 Å². The normalized spacial score (nSPS) is 17.1. The number of nitrogens with two attached hydrogens (primary N) is 2. The highest BCUT2D eigenvalue weighted by molar-refractivity contribution is 6.30. The molecule has 0 spiro atoms. The molecule has 2 heterocycles. The van der Waals surface area contributed by atoms with Crippen LogP contribution in [0.1, 0.15) is 48.7 Å². The molecule has 0 aliphatic heterocycles. The topological polar surface area (TPSA) is 142 Å². The Hall–Kier alpha value is -3.35. The van der Waals surface area contributed by atoms with E-state index < -0.39 is 24.3 Å². The minimum Gasteiger partial charge on any atom is -0.480 e. The number of nitrogens with zero attached hydrogens (tertiary/aromatic N) is 4. The zero-order chi connectivity index (χ0) is 27.6. The molecule has 0 radical (unpaired) electrons. The van der Waals surface area contributed by atoms with Crippen LogP contribution in [-0.4, -0.2) is 43.0 Å². The SMILES string of the molecule is Cc1ccn(-c2cc(Cl)ccc2[C@@H](Oc2cc(C3=CC[C@H](C[C@H](N)C(=O)O)CC3)nc(N)n2)C(F)(F)F)n1.Cl. The van der Waals surface area contributed by atoms with Crippen LogP contribution in [0.15, 0.2) is 42.6 Å². The molecule has 0 fully saturated rings. The van der Waals surface area contributed by atoms with Gasteiger partial charge in [0.2, 0.25) is 17.9 Å². The average Bonchev–Trinajstić information content (AvgIpc) is 3.28. The molecule has 0 bridgehead atoms. The number of ether oxygens (including phenoxy) is 1. The summed E-state index contributed by atoms with van der Waals surface area (Å²) in [5, 5.41) is 13.5.